The molecule has 8 heteroatoms. The Balaban J connectivity index is 1.28. The second-order valence-electron chi connectivity index (χ2n) is 10.3. The van der Waals surface area contributed by atoms with Crippen LogP contribution >= 0.6 is 0 Å². The fourth-order valence-corrected chi connectivity index (χ4v) is 4.33. The Kier molecular flexibility index (Phi) is 8.22. The number of nitrogens with one attached hydrogen (secondary N) is 1. The van der Waals surface area contributed by atoms with Crippen LogP contribution in [-0.4, -0.2) is 58.9 Å². The van der Waals surface area contributed by atoms with E-state index in [1.807, 2.05) is 36.4 Å². The van der Waals surface area contributed by atoms with Crippen LogP contribution in [-0.2, 0) is 11.3 Å². The lowest BCUT2D eigenvalue weighted by atomic mass is 9.85. The zero-order valence-electron chi connectivity index (χ0n) is 21.6. The number of hydrogen-bond acceptors (Lipinski definition) is 4. The Hall–Kier alpha value is -4.04. The molecule has 0 aliphatic carbocycles. The minimum Gasteiger partial charge on any atom is -0.481 e. The number of ketones is 1. The van der Waals surface area contributed by atoms with E-state index in [4.69, 9.17) is 0 Å². The number of halogens is 1. The SMILES string of the molecule is CC(C)(CC(=O)c1ccc(-c2ccc(NC(=O)N3CCN(Cc4ccc(F)cc4)CC3)cc2)cc1)C(=O)O. The fourth-order valence-electron chi connectivity index (χ4n) is 4.33. The number of rotatable bonds is 8. The number of carbonyl (C=O) groups excluding carboxylic acids is 2. The summed E-state index contributed by atoms with van der Waals surface area (Å²) in [5, 5.41) is 12.2. The largest absolute Gasteiger partial charge is 0.481 e. The number of urea groups is 1. The predicted molar refractivity (Wildman–Crippen MR) is 145 cm³/mol. The summed E-state index contributed by atoms with van der Waals surface area (Å²) in [6.45, 7) is 6.52. The van der Waals surface area contributed by atoms with E-state index >= 15 is 0 Å². The molecule has 2 amide bonds. The summed E-state index contributed by atoms with van der Waals surface area (Å²) in [7, 11) is 0. The van der Waals surface area contributed by atoms with Gasteiger partial charge in [0.25, 0.3) is 0 Å². The van der Waals surface area contributed by atoms with Crippen LogP contribution in [0.15, 0.2) is 72.8 Å². The van der Waals surface area contributed by atoms with Crippen LogP contribution in [0.3, 0.4) is 0 Å². The third kappa shape index (κ3) is 6.83. The van der Waals surface area contributed by atoms with Gasteiger partial charge in [-0.15, -0.1) is 0 Å². The first-order valence-corrected chi connectivity index (χ1v) is 12.6. The van der Waals surface area contributed by atoms with Gasteiger partial charge in [-0.25, -0.2) is 9.18 Å². The number of carboxylic acids is 1. The molecule has 0 spiro atoms. The number of aliphatic carboxylic acids is 1. The van der Waals surface area contributed by atoms with Crippen LogP contribution in [0.4, 0.5) is 14.9 Å². The molecular formula is C30H32FN3O4. The molecule has 1 saturated heterocycles. The van der Waals surface area contributed by atoms with E-state index in [2.05, 4.69) is 10.2 Å². The lowest BCUT2D eigenvalue weighted by molar-refractivity contribution is -0.146. The van der Waals surface area contributed by atoms with Crippen molar-refractivity contribution in [2.75, 3.05) is 31.5 Å². The second kappa shape index (κ2) is 11.6. The molecule has 1 fully saturated rings. The van der Waals surface area contributed by atoms with Gasteiger partial charge in [-0.05, 0) is 54.8 Å². The third-order valence-electron chi connectivity index (χ3n) is 6.84. The smallest absolute Gasteiger partial charge is 0.321 e. The van der Waals surface area contributed by atoms with Crippen LogP contribution in [0.2, 0.25) is 0 Å². The van der Waals surface area contributed by atoms with Crippen LogP contribution in [0.25, 0.3) is 11.1 Å². The number of amides is 2. The monoisotopic (exact) mass is 517 g/mol. The highest BCUT2D eigenvalue weighted by molar-refractivity contribution is 5.99. The summed E-state index contributed by atoms with van der Waals surface area (Å²) in [5.74, 6) is -1.45. The van der Waals surface area contributed by atoms with Crippen molar-refractivity contribution in [1.82, 2.24) is 9.80 Å². The van der Waals surface area contributed by atoms with Gasteiger partial charge in [-0.3, -0.25) is 14.5 Å². The van der Waals surface area contributed by atoms with E-state index in [0.29, 0.717) is 24.3 Å². The molecule has 0 bridgehead atoms. The van der Waals surface area contributed by atoms with E-state index in [-0.39, 0.29) is 24.1 Å². The molecule has 0 radical (unpaired) electrons. The highest BCUT2D eigenvalue weighted by atomic mass is 19.1. The van der Waals surface area contributed by atoms with Crippen LogP contribution in [0, 0.1) is 11.2 Å². The van der Waals surface area contributed by atoms with E-state index < -0.39 is 11.4 Å². The van der Waals surface area contributed by atoms with Crippen molar-refractivity contribution in [3.05, 3.63) is 89.7 Å². The maximum atomic E-state index is 13.1. The summed E-state index contributed by atoms with van der Waals surface area (Å²) in [6.07, 6.45) is -0.0701. The van der Waals surface area contributed by atoms with Crippen molar-refractivity contribution in [1.29, 1.82) is 0 Å². The van der Waals surface area contributed by atoms with Crippen molar-refractivity contribution in [2.24, 2.45) is 5.41 Å². The van der Waals surface area contributed by atoms with Crippen molar-refractivity contribution >= 4 is 23.5 Å². The summed E-state index contributed by atoms with van der Waals surface area (Å²) in [4.78, 5) is 40.6. The molecule has 0 aromatic heterocycles. The number of hydrogen-bond donors (Lipinski definition) is 2. The highest BCUT2D eigenvalue weighted by Crippen LogP contribution is 2.26. The van der Waals surface area contributed by atoms with Gasteiger partial charge < -0.3 is 15.3 Å². The number of carboxylic acid groups (broad SMARTS) is 1. The molecule has 7 nitrogen and oxygen atoms in total. The van der Waals surface area contributed by atoms with Crippen molar-refractivity contribution in [3.8, 4) is 11.1 Å². The van der Waals surface area contributed by atoms with Crippen LogP contribution in [0.5, 0.6) is 0 Å². The predicted octanol–water partition coefficient (Wildman–Crippen LogP) is 5.53. The third-order valence-corrected chi connectivity index (χ3v) is 6.84. The quantitative estimate of drug-likeness (QED) is 0.384. The molecule has 38 heavy (non-hydrogen) atoms. The molecule has 1 heterocycles. The summed E-state index contributed by atoms with van der Waals surface area (Å²) in [6, 6.07) is 20.9. The Bertz CT molecular complexity index is 1280. The summed E-state index contributed by atoms with van der Waals surface area (Å²) >= 11 is 0. The van der Waals surface area contributed by atoms with Gasteiger partial charge in [0.1, 0.15) is 5.82 Å². The van der Waals surface area contributed by atoms with Gasteiger partial charge >= 0.3 is 12.0 Å². The minimum atomic E-state index is -1.12. The number of piperazine rings is 1. The Labute approximate surface area is 221 Å². The van der Waals surface area contributed by atoms with Crippen LogP contribution in [0.1, 0.15) is 36.2 Å². The van der Waals surface area contributed by atoms with E-state index in [0.717, 1.165) is 36.3 Å². The first kappa shape index (κ1) is 27.0. The fraction of sp³-hybridized carbons (Fsp3) is 0.300. The summed E-state index contributed by atoms with van der Waals surface area (Å²) < 4.78 is 13.1. The molecule has 0 unspecified atom stereocenters. The first-order chi connectivity index (χ1) is 18.1. The van der Waals surface area contributed by atoms with Crippen molar-refractivity contribution in [3.63, 3.8) is 0 Å². The average molecular weight is 518 g/mol. The molecule has 0 saturated carbocycles. The van der Waals surface area contributed by atoms with Gasteiger partial charge in [-0.1, -0.05) is 48.5 Å². The molecule has 1 aliphatic heterocycles. The number of Topliss-reactive ketones (excluding diaryl/α,β-unsaturated/α-hetero) is 1. The average Bonchev–Trinajstić information content (AvgIpc) is 2.90. The molecule has 198 valence electrons. The minimum absolute atomic E-state index is 0.0701. The number of anilines is 1. The highest BCUT2D eigenvalue weighted by Gasteiger charge is 2.30. The molecule has 4 rings (SSSR count). The summed E-state index contributed by atoms with van der Waals surface area (Å²) in [5.41, 5.74) is 2.94. The molecule has 3 aromatic rings. The topological polar surface area (TPSA) is 90.0 Å². The Morgan fingerprint density at radius 1 is 0.842 bits per heavy atom. The maximum Gasteiger partial charge on any atom is 0.321 e. The van der Waals surface area contributed by atoms with Gasteiger partial charge in [-0.2, -0.15) is 0 Å². The number of benzene rings is 3. The van der Waals surface area contributed by atoms with Crippen molar-refractivity contribution < 1.29 is 23.9 Å². The molecule has 0 atom stereocenters. The van der Waals surface area contributed by atoms with Gasteiger partial charge in [0, 0.05) is 50.4 Å². The maximum absolute atomic E-state index is 13.1. The Morgan fingerprint density at radius 2 is 1.39 bits per heavy atom. The second-order valence-corrected chi connectivity index (χ2v) is 10.3. The normalized spacial score (nSPS) is 14.2. The van der Waals surface area contributed by atoms with Crippen molar-refractivity contribution in [2.45, 2.75) is 26.8 Å². The van der Waals surface area contributed by atoms with Gasteiger partial charge in [0.2, 0.25) is 0 Å². The molecule has 3 aromatic carbocycles. The lowest BCUT2D eigenvalue weighted by Gasteiger charge is -2.34. The zero-order chi connectivity index (χ0) is 27.3. The zero-order valence-corrected chi connectivity index (χ0v) is 21.6. The van der Waals surface area contributed by atoms with Gasteiger partial charge in [0.05, 0.1) is 5.41 Å². The molecule has 1 aliphatic rings. The van der Waals surface area contributed by atoms with E-state index in [9.17, 15) is 23.9 Å². The van der Waals surface area contributed by atoms with Gasteiger partial charge in [0.15, 0.2) is 5.78 Å². The lowest BCUT2D eigenvalue weighted by Crippen LogP contribution is -2.49. The first-order valence-electron chi connectivity index (χ1n) is 12.6. The molecular weight excluding hydrogens is 485 g/mol. The van der Waals surface area contributed by atoms with E-state index in [1.165, 1.54) is 26.0 Å². The molecule has 2 N–H and O–H groups in total. The number of nitrogens with zero attached hydrogens (tertiary/aromatic N) is 2. The van der Waals surface area contributed by atoms with E-state index in [1.54, 1.807) is 29.2 Å². The standard InChI is InChI=1S/C30H32FN3O4/c1-30(2,28(36)37)19-27(35)24-7-5-22(6-8-24)23-9-13-26(14-10-23)32-29(38)34-17-15-33(16-18-34)20-21-3-11-25(31)12-4-21/h3-14H,15-20H2,1-2H3,(H,32,38)(H,36,37). The van der Waals surface area contributed by atoms with Crippen LogP contribution < -0.4 is 5.32 Å². The Morgan fingerprint density at radius 3 is 1.95 bits per heavy atom. The number of carbonyl (C=O) groups is 3.